The van der Waals surface area contributed by atoms with Crippen molar-refractivity contribution in [2.24, 2.45) is 34.5 Å². The zero-order valence-corrected chi connectivity index (χ0v) is 17.7. The zero-order valence-electron chi connectivity index (χ0n) is 17.7. The predicted octanol–water partition coefficient (Wildman–Crippen LogP) is 3.19. The summed E-state index contributed by atoms with van der Waals surface area (Å²) < 4.78 is 17.4. The number of carbonyl (C=O) groups is 3. The van der Waals surface area contributed by atoms with E-state index in [0.29, 0.717) is 19.3 Å². The topological polar surface area (TPSA) is 78.9 Å². The summed E-state index contributed by atoms with van der Waals surface area (Å²) in [6, 6.07) is 0. The molecule has 1 heterocycles. The third-order valence-electron chi connectivity index (χ3n) is 9.56. The van der Waals surface area contributed by atoms with Crippen LogP contribution in [0.5, 0.6) is 0 Å². The van der Waals surface area contributed by atoms with Crippen LogP contribution in [0.1, 0.15) is 59.3 Å². The number of methoxy groups -OCH3 is 1. The summed E-state index contributed by atoms with van der Waals surface area (Å²) in [5.41, 5.74) is -1.58. The second-order valence-electron chi connectivity index (χ2n) is 10.4. The molecule has 4 saturated carbocycles. The zero-order chi connectivity index (χ0) is 21.0. The molecule has 0 radical (unpaired) electrons. The molecule has 5 aliphatic rings. The second-order valence-corrected chi connectivity index (χ2v) is 10.4. The lowest BCUT2D eigenvalue weighted by atomic mass is 9.56. The fraction of sp³-hybridized carbons (Fsp3) is 0.783. The average molecular weight is 402 g/mol. The summed E-state index contributed by atoms with van der Waals surface area (Å²) in [6.07, 6.45) is 4.31. The predicted molar refractivity (Wildman–Crippen MR) is 102 cm³/mol. The number of hydrogen-bond donors (Lipinski definition) is 0. The molecule has 2 unspecified atom stereocenters. The monoisotopic (exact) mass is 402 g/mol. The average Bonchev–Trinajstić information content (AvgIpc) is 3.08. The lowest BCUT2D eigenvalue weighted by molar-refractivity contribution is -0.169. The largest absolute Gasteiger partial charge is 0.469 e. The maximum absolute atomic E-state index is 13.3. The maximum atomic E-state index is 13.3. The molecule has 0 amide bonds. The Balaban J connectivity index is 1.70. The van der Waals surface area contributed by atoms with E-state index in [2.05, 4.69) is 13.5 Å². The Morgan fingerprint density at radius 2 is 1.97 bits per heavy atom. The molecule has 5 rings (SSSR count). The van der Waals surface area contributed by atoms with Gasteiger partial charge in [-0.15, -0.1) is 0 Å². The van der Waals surface area contributed by atoms with Gasteiger partial charge in [0.1, 0.15) is 11.2 Å². The minimum Gasteiger partial charge on any atom is -0.469 e. The first-order chi connectivity index (χ1) is 13.6. The summed E-state index contributed by atoms with van der Waals surface area (Å²) in [4.78, 5) is 38.3. The molecule has 4 aliphatic carbocycles. The van der Waals surface area contributed by atoms with Crippen LogP contribution in [0, 0.1) is 34.5 Å². The number of hydrogen-bond acceptors (Lipinski definition) is 6. The van der Waals surface area contributed by atoms with Gasteiger partial charge in [-0.3, -0.25) is 14.4 Å². The smallest absolute Gasteiger partial charge is 0.313 e. The first-order valence-electron chi connectivity index (χ1n) is 10.8. The molecule has 6 heteroatoms. The van der Waals surface area contributed by atoms with Crippen molar-refractivity contribution in [2.45, 2.75) is 70.5 Å². The molecule has 0 aromatic rings. The van der Waals surface area contributed by atoms with Gasteiger partial charge in [-0.05, 0) is 62.4 Å². The van der Waals surface area contributed by atoms with Crippen molar-refractivity contribution in [3.8, 4) is 0 Å². The van der Waals surface area contributed by atoms with Crippen LogP contribution in [-0.2, 0) is 28.6 Å². The van der Waals surface area contributed by atoms with E-state index in [9.17, 15) is 14.4 Å². The molecule has 1 spiro atoms. The number of rotatable bonds is 2. The van der Waals surface area contributed by atoms with Gasteiger partial charge in [0.2, 0.25) is 0 Å². The fourth-order valence-corrected chi connectivity index (χ4v) is 8.41. The van der Waals surface area contributed by atoms with E-state index in [1.54, 1.807) is 0 Å². The van der Waals surface area contributed by atoms with Crippen molar-refractivity contribution in [1.29, 1.82) is 0 Å². The molecule has 1 saturated heterocycles. The van der Waals surface area contributed by atoms with Crippen LogP contribution in [0.2, 0.25) is 0 Å². The van der Waals surface area contributed by atoms with E-state index in [1.807, 2.05) is 6.92 Å². The molecule has 4 bridgehead atoms. The summed E-state index contributed by atoms with van der Waals surface area (Å²) in [6.45, 7) is 9.79. The van der Waals surface area contributed by atoms with Gasteiger partial charge in [0.25, 0.3) is 0 Å². The van der Waals surface area contributed by atoms with Gasteiger partial charge in [-0.25, -0.2) is 0 Å². The Kier molecular flexibility index (Phi) is 3.59. The first-order valence-corrected chi connectivity index (χ1v) is 10.8. The summed E-state index contributed by atoms with van der Waals surface area (Å²) >= 11 is 0. The standard InChI is InChI=1S/C23H30O6/c1-12-6-9-23-15-7-8-22(28-14(3)24)11-21(15,10-13(22)2)16(18(25)27-5)17(23)20(12,4)19(26)29-23/h12,15-17H,2,6-11H2,1,3-5H3/t12-,15?,16-,17?,20+,21+,22+,23-/m1/s1. The van der Waals surface area contributed by atoms with Crippen molar-refractivity contribution in [1.82, 2.24) is 0 Å². The van der Waals surface area contributed by atoms with Crippen LogP contribution in [0.3, 0.4) is 0 Å². The Morgan fingerprint density at radius 1 is 1.24 bits per heavy atom. The Morgan fingerprint density at radius 3 is 2.62 bits per heavy atom. The molecule has 6 nitrogen and oxygen atoms in total. The Labute approximate surface area is 171 Å². The van der Waals surface area contributed by atoms with Crippen molar-refractivity contribution < 1.29 is 28.6 Å². The second kappa shape index (κ2) is 5.44. The third kappa shape index (κ3) is 1.92. The van der Waals surface area contributed by atoms with Crippen LogP contribution in [0.25, 0.3) is 0 Å². The van der Waals surface area contributed by atoms with Gasteiger partial charge < -0.3 is 14.2 Å². The molecule has 158 valence electrons. The lowest BCUT2D eigenvalue weighted by Crippen LogP contribution is -2.50. The lowest BCUT2D eigenvalue weighted by Gasteiger charge is -2.46. The van der Waals surface area contributed by atoms with E-state index in [0.717, 1.165) is 24.8 Å². The summed E-state index contributed by atoms with van der Waals surface area (Å²) in [7, 11) is 1.42. The van der Waals surface area contributed by atoms with Crippen molar-refractivity contribution in [3.63, 3.8) is 0 Å². The SMILES string of the molecule is C=C1C[C@]23C[C@@]1(OC(C)=O)CCC2[C@@]12CC[C@@H](C)[C@](C)(C(=O)O1)C2[C@@H]3C(=O)OC. The number of carbonyl (C=O) groups excluding carboxylic acids is 3. The highest BCUT2D eigenvalue weighted by Crippen LogP contribution is 2.79. The van der Waals surface area contributed by atoms with Crippen LogP contribution < -0.4 is 0 Å². The number of ether oxygens (including phenoxy) is 3. The van der Waals surface area contributed by atoms with Gasteiger partial charge in [0.05, 0.1) is 18.4 Å². The third-order valence-corrected chi connectivity index (χ3v) is 9.56. The van der Waals surface area contributed by atoms with Gasteiger partial charge in [0.15, 0.2) is 0 Å². The van der Waals surface area contributed by atoms with Crippen molar-refractivity contribution in [3.05, 3.63) is 12.2 Å². The minimum atomic E-state index is -0.714. The Hall–Kier alpha value is -1.85. The van der Waals surface area contributed by atoms with E-state index >= 15 is 0 Å². The van der Waals surface area contributed by atoms with E-state index in [4.69, 9.17) is 14.2 Å². The quantitative estimate of drug-likeness (QED) is 0.401. The van der Waals surface area contributed by atoms with E-state index < -0.39 is 27.9 Å². The Bertz CT molecular complexity index is 848. The van der Waals surface area contributed by atoms with Gasteiger partial charge >= 0.3 is 17.9 Å². The number of fused-ring (bicyclic) bond motifs is 1. The van der Waals surface area contributed by atoms with Gasteiger partial charge in [0, 0.05) is 18.8 Å². The van der Waals surface area contributed by atoms with Gasteiger partial charge in [-0.1, -0.05) is 13.5 Å². The molecule has 0 aromatic heterocycles. The summed E-state index contributed by atoms with van der Waals surface area (Å²) in [5, 5.41) is 0. The molecule has 5 fully saturated rings. The summed E-state index contributed by atoms with van der Waals surface area (Å²) in [5.74, 6) is -1.21. The van der Waals surface area contributed by atoms with Crippen LogP contribution >= 0.6 is 0 Å². The molecular formula is C23H30O6. The normalized spacial score (nSPS) is 51.9. The van der Waals surface area contributed by atoms with Gasteiger partial charge in [-0.2, -0.15) is 0 Å². The molecule has 8 atom stereocenters. The molecule has 29 heavy (non-hydrogen) atoms. The fourth-order valence-electron chi connectivity index (χ4n) is 8.41. The first kappa shape index (κ1) is 19.1. The van der Waals surface area contributed by atoms with Crippen molar-refractivity contribution >= 4 is 17.9 Å². The highest BCUT2D eigenvalue weighted by molar-refractivity contribution is 5.85. The van der Waals surface area contributed by atoms with Crippen LogP contribution in [0.4, 0.5) is 0 Å². The highest BCUT2D eigenvalue weighted by atomic mass is 16.6. The van der Waals surface area contributed by atoms with Crippen LogP contribution in [-0.4, -0.2) is 36.2 Å². The minimum absolute atomic E-state index is 0.0605. The van der Waals surface area contributed by atoms with Crippen LogP contribution in [0.15, 0.2) is 12.2 Å². The number of esters is 3. The molecule has 1 aliphatic heterocycles. The van der Waals surface area contributed by atoms with E-state index in [1.165, 1.54) is 14.0 Å². The molecular weight excluding hydrogens is 372 g/mol. The van der Waals surface area contributed by atoms with Crippen molar-refractivity contribution in [2.75, 3.05) is 7.11 Å². The highest BCUT2D eigenvalue weighted by Gasteiger charge is 2.84. The molecule has 0 aromatic carbocycles. The maximum Gasteiger partial charge on any atom is 0.313 e. The molecule has 0 N–H and O–H groups in total. The van der Waals surface area contributed by atoms with E-state index in [-0.39, 0.29) is 35.7 Å².